The van der Waals surface area contributed by atoms with Gasteiger partial charge in [-0.1, -0.05) is 36.4 Å². The lowest BCUT2D eigenvalue weighted by molar-refractivity contribution is -0.122. The molecule has 1 saturated heterocycles. The van der Waals surface area contributed by atoms with Crippen LogP contribution in [0.5, 0.6) is 11.5 Å². The number of fused-ring (bicyclic) bond motifs is 1. The molecule has 2 heterocycles. The van der Waals surface area contributed by atoms with Crippen molar-refractivity contribution in [2.75, 3.05) is 20.8 Å². The van der Waals surface area contributed by atoms with Gasteiger partial charge in [-0.25, -0.2) is 4.99 Å². The van der Waals surface area contributed by atoms with Crippen molar-refractivity contribution in [2.45, 2.75) is 13.3 Å². The van der Waals surface area contributed by atoms with E-state index in [1.807, 2.05) is 73.8 Å². The molecule has 4 aromatic rings. The van der Waals surface area contributed by atoms with Crippen molar-refractivity contribution in [1.29, 1.82) is 0 Å². The van der Waals surface area contributed by atoms with E-state index in [2.05, 4.69) is 17.1 Å². The van der Waals surface area contributed by atoms with Crippen molar-refractivity contribution in [3.8, 4) is 11.5 Å². The number of nitrogens with zero attached hydrogens (tertiary/aromatic N) is 2. The van der Waals surface area contributed by atoms with Gasteiger partial charge >= 0.3 is 0 Å². The number of amides is 1. The molecule has 1 fully saturated rings. The normalized spacial score (nSPS) is 15.9. The number of aromatic nitrogens is 1. The quantitative estimate of drug-likeness (QED) is 0.303. The predicted octanol–water partition coefficient (Wildman–Crippen LogP) is 6.34. The molecule has 1 aliphatic rings. The lowest BCUT2D eigenvalue weighted by Gasteiger charge is -2.15. The molecule has 3 aromatic carbocycles. The minimum Gasteiger partial charge on any atom is -0.493 e. The Balaban J connectivity index is 1.48. The number of ether oxygens (including phenoxy) is 2. The highest BCUT2D eigenvalue weighted by atomic mass is 32.2. The molecule has 0 spiro atoms. The predicted molar refractivity (Wildman–Crippen MR) is 147 cm³/mol. The fraction of sp³-hybridized carbons (Fsp3) is 0.172. The first kappa shape index (κ1) is 23.8. The van der Waals surface area contributed by atoms with Gasteiger partial charge in [0.1, 0.15) is 0 Å². The third kappa shape index (κ3) is 4.75. The highest BCUT2D eigenvalue weighted by molar-refractivity contribution is 8.18. The maximum atomic E-state index is 13.6. The summed E-state index contributed by atoms with van der Waals surface area (Å²) in [7, 11) is 3.22. The molecule has 0 bridgehead atoms. The monoisotopic (exact) mass is 497 g/mol. The summed E-state index contributed by atoms with van der Waals surface area (Å²) in [6.07, 6.45) is 4.65. The van der Waals surface area contributed by atoms with Gasteiger partial charge in [-0.15, -0.1) is 0 Å². The number of aryl methyl sites for hydroxylation is 1. The minimum absolute atomic E-state index is 0.0521. The van der Waals surface area contributed by atoms with E-state index < -0.39 is 0 Å². The first-order valence-corrected chi connectivity index (χ1v) is 12.5. The number of carbonyl (C=O) groups excluding carboxylic acids is 1. The number of hydrogen-bond acceptors (Lipinski definition) is 5. The molecule has 1 amide bonds. The smallest absolute Gasteiger partial charge is 0.266 e. The van der Waals surface area contributed by atoms with Crippen molar-refractivity contribution >= 4 is 45.5 Å². The lowest BCUT2D eigenvalue weighted by atomic mass is 10.1. The summed E-state index contributed by atoms with van der Waals surface area (Å²) in [5.41, 5.74) is 4.98. The van der Waals surface area contributed by atoms with Crippen molar-refractivity contribution in [3.63, 3.8) is 0 Å². The van der Waals surface area contributed by atoms with E-state index >= 15 is 0 Å². The summed E-state index contributed by atoms with van der Waals surface area (Å²) >= 11 is 1.40. The van der Waals surface area contributed by atoms with Crippen LogP contribution in [0, 0.1) is 6.92 Å². The second-order valence-electron chi connectivity index (χ2n) is 8.47. The Bertz CT molecular complexity index is 1470. The molecule has 7 heteroatoms. The Morgan fingerprint density at radius 1 is 1.00 bits per heavy atom. The van der Waals surface area contributed by atoms with Crippen LogP contribution in [0.25, 0.3) is 17.0 Å². The Morgan fingerprint density at radius 2 is 1.72 bits per heavy atom. The van der Waals surface area contributed by atoms with Gasteiger partial charge in [-0.05, 0) is 78.2 Å². The number of aliphatic imine (C=N–C) groups is 1. The van der Waals surface area contributed by atoms with Crippen LogP contribution in [0.2, 0.25) is 0 Å². The van der Waals surface area contributed by atoms with E-state index in [0.717, 1.165) is 22.3 Å². The number of nitrogens with one attached hydrogen (secondary N) is 1. The number of hydrogen-bond donors (Lipinski definition) is 1. The van der Waals surface area contributed by atoms with Gasteiger partial charge < -0.3 is 14.5 Å². The summed E-state index contributed by atoms with van der Waals surface area (Å²) in [6.45, 7) is 2.52. The number of rotatable bonds is 7. The Morgan fingerprint density at radius 3 is 2.50 bits per heavy atom. The highest BCUT2D eigenvalue weighted by Crippen LogP contribution is 2.37. The molecule has 6 nitrogen and oxygen atoms in total. The molecule has 36 heavy (non-hydrogen) atoms. The second-order valence-corrected chi connectivity index (χ2v) is 9.48. The fourth-order valence-electron chi connectivity index (χ4n) is 4.27. The molecule has 0 atom stereocenters. The number of carbonyl (C=O) groups is 1. The van der Waals surface area contributed by atoms with Crippen molar-refractivity contribution in [1.82, 2.24) is 9.88 Å². The molecule has 1 N–H and O–H groups in total. The van der Waals surface area contributed by atoms with Crippen LogP contribution >= 0.6 is 11.8 Å². The molecule has 0 saturated carbocycles. The van der Waals surface area contributed by atoms with Crippen LogP contribution in [-0.2, 0) is 11.2 Å². The molecule has 182 valence electrons. The topological polar surface area (TPSA) is 66.9 Å². The van der Waals surface area contributed by atoms with E-state index in [4.69, 9.17) is 14.5 Å². The number of thioether (sulfide) groups is 1. The van der Waals surface area contributed by atoms with Crippen LogP contribution in [0.1, 0.15) is 16.7 Å². The van der Waals surface area contributed by atoms with Crippen LogP contribution in [0.3, 0.4) is 0 Å². The van der Waals surface area contributed by atoms with Crippen molar-refractivity contribution in [2.24, 2.45) is 4.99 Å². The highest BCUT2D eigenvalue weighted by Gasteiger charge is 2.33. The average molecular weight is 498 g/mol. The molecular formula is C29H27N3O3S. The zero-order valence-corrected chi connectivity index (χ0v) is 21.3. The molecule has 0 radical (unpaired) electrons. The van der Waals surface area contributed by atoms with Gasteiger partial charge in [0, 0.05) is 23.6 Å². The summed E-state index contributed by atoms with van der Waals surface area (Å²) in [5, 5.41) is 1.85. The summed E-state index contributed by atoms with van der Waals surface area (Å²) < 4.78 is 10.9. The van der Waals surface area contributed by atoms with Crippen LogP contribution in [-0.4, -0.2) is 41.7 Å². The van der Waals surface area contributed by atoms with E-state index in [9.17, 15) is 4.79 Å². The second kappa shape index (κ2) is 10.3. The average Bonchev–Trinajstić information content (AvgIpc) is 3.44. The lowest BCUT2D eigenvalue weighted by Crippen LogP contribution is -2.31. The molecular weight excluding hydrogens is 470 g/mol. The molecule has 1 aromatic heterocycles. The Labute approximate surface area is 214 Å². The summed E-state index contributed by atoms with van der Waals surface area (Å²) in [6, 6.07) is 21.8. The molecule has 0 unspecified atom stereocenters. The van der Waals surface area contributed by atoms with Gasteiger partial charge in [0.25, 0.3) is 5.91 Å². The van der Waals surface area contributed by atoms with Gasteiger partial charge in [0.05, 0.1) is 24.8 Å². The first-order chi connectivity index (χ1) is 17.6. The number of amidine groups is 1. The van der Waals surface area contributed by atoms with E-state index in [0.29, 0.717) is 34.5 Å². The van der Waals surface area contributed by atoms with E-state index in [-0.39, 0.29) is 5.91 Å². The van der Waals surface area contributed by atoms with Crippen molar-refractivity contribution < 1.29 is 14.3 Å². The zero-order chi connectivity index (χ0) is 25.1. The summed E-state index contributed by atoms with van der Waals surface area (Å²) in [5.74, 6) is 1.23. The standard InChI is InChI=1S/C29H27N3O3S/c1-19-15-25(34-2)26(35-3)16-21(19)17-27-28(33)32(29(36-27)31-22-9-5-4-6-10-22)14-13-20-18-30-24-12-8-7-11-23(20)24/h4-12,15-18,30H,13-14H2,1-3H3. The zero-order valence-electron chi connectivity index (χ0n) is 20.4. The van der Waals surface area contributed by atoms with E-state index in [1.54, 1.807) is 19.1 Å². The van der Waals surface area contributed by atoms with Gasteiger partial charge in [0.2, 0.25) is 0 Å². The maximum absolute atomic E-state index is 13.6. The number of aromatic amines is 1. The van der Waals surface area contributed by atoms with Crippen molar-refractivity contribution in [3.05, 3.63) is 94.5 Å². The van der Waals surface area contributed by atoms with Gasteiger partial charge in [-0.2, -0.15) is 0 Å². The number of methoxy groups -OCH3 is 2. The minimum atomic E-state index is -0.0521. The van der Waals surface area contributed by atoms with Crippen LogP contribution in [0.4, 0.5) is 5.69 Å². The van der Waals surface area contributed by atoms with Gasteiger partial charge in [-0.3, -0.25) is 9.69 Å². The SMILES string of the molecule is COc1cc(C)c(C=C2SC(=Nc3ccccc3)N(CCc3c[nH]c4ccccc34)C2=O)cc1OC. The van der Waals surface area contributed by atoms with Gasteiger partial charge in [0.15, 0.2) is 16.7 Å². The number of para-hydroxylation sites is 2. The first-order valence-electron chi connectivity index (χ1n) is 11.7. The fourth-order valence-corrected chi connectivity index (χ4v) is 5.28. The Kier molecular flexibility index (Phi) is 6.82. The molecule has 0 aliphatic carbocycles. The largest absolute Gasteiger partial charge is 0.493 e. The maximum Gasteiger partial charge on any atom is 0.266 e. The van der Waals surface area contributed by atoms with Crippen LogP contribution < -0.4 is 9.47 Å². The third-order valence-electron chi connectivity index (χ3n) is 6.21. The summed E-state index contributed by atoms with van der Waals surface area (Å²) in [4.78, 5) is 24.2. The number of benzene rings is 3. The van der Waals surface area contributed by atoms with Crippen LogP contribution in [0.15, 0.2) is 82.8 Å². The Hall–Kier alpha value is -3.97. The molecule has 5 rings (SSSR count). The number of H-pyrrole nitrogens is 1. The van der Waals surface area contributed by atoms with E-state index in [1.165, 1.54) is 22.7 Å². The molecule has 1 aliphatic heterocycles. The third-order valence-corrected chi connectivity index (χ3v) is 7.21.